The first-order valence-electron chi connectivity index (χ1n) is 10.1. The Morgan fingerprint density at radius 2 is 1.97 bits per heavy atom. The van der Waals surface area contributed by atoms with E-state index in [0.717, 1.165) is 22.5 Å². The van der Waals surface area contributed by atoms with E-state index in [4.69, 9.17) is 5.41 Å². The molecule has 1 atom stereocenters. The average molecular weight is 401 g/mol. The van der Waals surface area contributed by atoms with Gasteiger partial charge in [0.1, 0.15) is 5.75 Å². The molecule has 1 aliphatic heterocycles. The second kappa shape index (κ2) is 6.23. The summed E-state index contributed by atoms with van der Waals surface area (Å²) in [7, 11) is 0. The number of anilines is 2. The van der Waals surface area contributed by atoms with E-state index in [1.807, 2.05) is 37.3 Å². The molecule has 2 aromatic rings. The second-order valence-corrected chi connectivity index (χ2v) is 8.91. The van der Waals surface area contributed by atoms with Crippen LogP contribution >= 0.6 is 0 Å². The SMILES string of the molecule is C[C@]1(C#N)C[C@H](N2C(=N)N[C@]3(CC2=O)Cc2c(Nc4ccc(O)cc4)cccc23)C1. The van der Waals surface area contributed by atoms with Crippen LogP contribution in [-0.4, -0.2) is 27.9 Å². The van der Waals surface area contributed by atoms with Gasteiger partial charge in [-0.05, 0) is 61.2 Å². The predicted molar refractivity (Wildman–Crippen MR) is 112 cm³/mol. The van der Waals surface area contributed by atoms with Crippen LogP contribution in [0.4, 0.5) is 11.4 Å². The third kappa shape index (κ3) is 2.71. The maximum atomic E-state index is 13.0. The summed E-state index contributed by atoms with van der Waals surface area (Å²) in [5, 5.41) is 33.9. The van der Waals surface area contributed by atoms with Gasteiger partial charge >= 0.3 is 0 Å². The number of carbonyl (C=O) groups is 1. The molecule has 3 aliphatic rings. The molecule has 5 rings (SSSR count). The lowest BCUT2D eigenvalue weighted by atomic mass is 9.65. The van der Waals surface area contributed by atoms with E-state index in [2.05, 4.69) is 16.7 Å². The van der Waals surface area contributed by atoms with Gasteiger partial charge < -0.3 is 15.7 Å². The molecule has 1 saturated carbocycles. The van der Waals surface area contributed by atoms with Crippen molar-refractivity contribution in [2.45, 2.75) is 44.2 Å². The van der Waals surface area contributed by atoms with Gasteiger partial charge in [-0.3, -0.25) is 15.1 Å². The lowest BCUT2D eigenvalue weighted by Gasteiger charge is -2.54. The van der Waals surface area contributed by atoms with Crippen LogP contribution in [-0.2, 0) is 16.8 Å². The van der Waals surface area contributed by atoms with Gasteiger partial charge in [0.2, 0.25) is 5.91 Å². The molecule has 2 aliphatic carbocycles. The van der Waals surface area contributed by atoms with Crippen LogP contribution < -0.4 is 10.6 Å². The molecule has 152 valence electrons. The third-order valence-electron chi connectivity index (χ3n) is 6.64. The Morgan fingerprint density at radius 1 is 1.23 bits per heavy atom. The Balaban J connectivity index is 1.35. The van der Waals surface area contributed by atoms with Crippen molar-refractivity contribution in [3.8, 4) is 11.8 Å². The molecule has 0 unspecified atom stereocenters. The van der Waals surface area contributed by atoms with Gasteiger partial charge in [0.25, 0.3) is 0 Å². The molecule has 0 aromatic heterocycles. The standard InChI is InChI=1S/C23H23N5O2/c1-22(13-24)9-15(10-22)28-20(30)12-23(27-21(28)25)11-17-18(23)3-2-4-19(17)26-14-5-7-16(29)8-6-14/h2-8,15,26,29H,9-12H2,1H3,(H2,25,27)/t15-,22-,23-/m0/s1. The van der Waals surface area contributed by atoms with Crippen molar-refractivity contribution in [3.05, 3.63) is 53.6 Å². The number of aromatic hydroxyl groups is 1. The van der Waals surface area contributed by atoms with E-state index in [-0.39, 0.29) is 23.7 Å². The van der Waals surface area contributed by atoms with E-state index in [1.54, 1.807) is 17.0 Å². The monoisotopic (exact) mass is 401 g/mol. The Hall–Kier alpha value is -3.53. The molecule has 30 heavy (non-hydrogen) atoms. The normalized spacial score (nSPS) is 29.3. The summed E-state index contributed by atoms with van der Waals surface area (Å²) >= 11 is 0. The fraction of sp³-hybridized carbons (Fsp3) is 0.348. The summed E-state index contributed by atoms with van der Waals surface area (Å²) in [6.07, 6.45) is 2.20. The average Bonchev–Trinajstić information content (AvgIpc) is 2.68. The molecule has 1 spiro atoms. The number of guanidine groups is 1. The summed E-state index contributed by atoms with van der Waals surface area (Å²) in [4.78, 5) is 14.5. The number of nitrogens with zero attached hydrogens (tertiary/aromatic N) is 2. The Labute approximate surface area is 174 Å². The molecular formula is C23H23N5O2. The van der Waals surface area contributed by atoms with E-state index in [0.29, 0.717) is 25.7 Å². The highest BCUT2D eigenvalue weighted by Crippen LogP contribution is 2.49. The molecule has 2 fully saturated rings. The van der Waals surface area contributed by atoms with Gasteiger partial charge in [0.15, 0.2) is 5.96 Å². The van der Waals surface area contributed by atoms with Crippen LogP contribution in [0.15, 0.2) is 42.5 Å². The molecule has 1 heterocycles. The highest BCUT2D eigenvalue weighted by molar-refractivity contribution is 6.00. The van der Waals surface area contributed by atoms with Crippen molar-refractivity contribution in [3.63, 3.8) is 0 Å². The van der Waals surface area contributed by atoms with Gasteiger partial charge in [0, 0.05) is 23.8 Å². The maximum Gasteiger partial charge on any atom is 0.232 e. The van der Waals surface area contributed by atoms with Crippen LogP contribution in [0.1, 0.15) is 37.3 Å². The number of hydrogen-bond donors (Lipinski definition) is 4. The van der Waals surface area contributed by atoms with E-state index in [1.165, 1.54) is 0 Å². The van der Waals surface area contributed by atoms with Gasteiger partial charge in [0.05, 0.1) is 23.4 Å². The molecule has 7 heteroatoms. The topological polar surface area (TPSA) is 112 Å². The van der Waals surface area contributed by atoms with Crippen LogP contribution in [0, 0.1) is 22.2 Å². The van der Waals surface area contributed by atoms with Crippen LogP contribution in [0.25, 0.3) is 0 Å². The molecule has 7 nitrogen and oxygen atoms in total. The fourth-order valence-corrected chi connectivity index (χ4v) is 5.04. The first kappa shape index (κ1) is 18.5. The third-order valence-corrected chi connectivity index (χ3v) is 6.64. The van der Waals surface area contributed by atoms with Crippen LogP contribution in [0.2, 0.25) is 0 Å². The number of amides is 1. The second-order valence-electron chi connectivity index (χ2n) is 8.91. The van der Waals surface area contributed by atoms with E-state index in [9.17, 15) is 15.2 Å². The summed E-state index contributed by atoms with van der Waals surface area (Å²) < 4.78 is 0. The quantitative estimate of drug-likeness (QED) is 0.590. The van der Waals surface area contributed by atoms with Gasteiger partial charge in [-0.2, -0.15) is 5.26 Å². The van der Waals surface area contributed by atoms with Crippen LogP contribution in [0.3, 0.4) is 0 Å². The molecule has 0 bridgehead atoms. The van der Waals surface area contributed by atoms with Crippen molar-refractivity contribution in [1.82, 2.24) is 10.2 Å². The number of hydrogen-bond acceptors (Lipinski definition) is 5. The zero-order valence-electron chi connectivity index (χ0n) is 16.7. The lowest BCUT2D eigenvalue weighted by Crippen LogP contribution is -2.68. The minimum absolute atomic E-state index is 0.0497. The summed E-state index contributed by atoms with van der Waals surface area (Å²) in [6, 6.07) is 15.1. The fourth-order valence-electron chi connectivity index (χ4n) is 5.04. The zero-order valence-corrected chi connectivity index (χ0v) is 16.7. The van der Waals surface area contributed by atoms with Crippen molar-refractivity contribution in [2.75, 3.05) is 5.32 Å². The first-order chi connectivity index (χ1) is 14.3. The molecule has 1 saturated heterocycles. The molecular weight excluding hydrogens is 378 g/mol. The number of nitrogens with one attached hydrogen (secondary N) is 3. The molecule has 0 radical (unpaired) electrons. The number of fused-ring (bicyclic) bond motifs is 2. The van der Waals surface area contributed by atoms with E-state index < -0.39 is 11.0 Å². The highest BCUT2D eigenvalue weighted by Gasteiger charge is 2.54. The van der Waals surface area contributed by atoms with Crippen molar-refractivity contribution in [2.24, 2.45) is 5.41 Å². The smallest absolute Gasteiger partial charge is 0.232 e. The van der Waals surface area contributed by atoms with E-state index >= 15 is 0 Å². The summed E-state index contributed by atoms with van der Waals surface area (Å²) in [6.45, 7) is 1.90. The summed E-state index contributed by atoms with van der Waals surface area (Å²) in [5.41, 5.74) is 3.09. The number of benzene rings is 2. The Morgan fingerprint density at radius 3 is 2.63 bits per heavy atom. The van der Waals surface area contributed by atoms with Gasteiger partial charge in [-0.25, -0.2) is 0 Å². The summed E-state index contributed by atoms with van der Waals surface area (Å²) in [5.74, 6) is 0.306. The maximum absolute atomic E-state index is 13.0. The highest BCUT2D eigenvalue weighted by atomic mass is 16.3. The predicted octanol–water partition coefficient (Wildman–Crippen LogP) is 3.34. The number of phenols is 1. The number of rotatable bonds is 3. The van der Waals surface area contributed by atoms with Crippen molar-refractivity contribution < 1.29 is 9.90 Å². The van der Waals surface area contributed by atoms with Gasteiger partial charge in [-0.1, -0.05) is 12.1 Å². The molecule has 1 amide bonds. The number of carbonyl (C=O) groups excluding carboxylic acids is 1. The first-order valence-corrected chi connectivity index (χ1v) is 10.1. The number of nitriles is 1. The van der Waals surface area contributed by atoms with Crippen LogP contribution in [0.5, 0.6) is 5.75 Å². The number of phenolic OH excluding ortho intramolecular Hbond substituents is 1. The minimum Gasteiger partial charge on any atom is -0.508 e. The molecule has 4 N–H and O–H groups in total. The van der Waals surface area contributed by atoms with Crippen molar-refractivity contribution in [1.29, 1.82) is 10.7 Å². The van der Waals surface area contributed by atoms with Gasteiger partial charge in [-0.15, -0.1) is 0 Å². The lowest BCUT2D eigenvalue weighted by molar-refractivity contribution is -0.135. The molecule has 2 aromatic carbocycles. The zero-order chi connectivity index (χ0) is 21.1. The largest absolute Gasteiger partial charge is 0.508 e. The Kier molecular flexibility index (Phi) is 3.84. The van der Waals surface area contributed by atoms with Crippen molar-refractivity contribution >= 4 is 23.2 Å². The minimum atomic E-state index is -0.533. The Bertz CT molecular complexity index is 1080.